The largest absolute Gasteiger partial charge is 0.442 e. The number of carbonyl (C=O) groups is 1. The van der Waals surface area contributed by atoms with E-state index in [2.05, 4.69) is 31.3 Å². The first-order chi connectivity index (χ1) is 13.1. The van der Waals surface area contributed by atoms with E-state index in [1.165, 1.54) is 0 Å². The van der Waals surface area contributed by atoms with Crippen molar-refractivity contribution in [3.8, 4) is 11.3 Å². The van der Waals surface area contributed by atoms with Crippen molar-refractivity contribution >= 4 is 5.91 Å². The van der Waals surface area contributed by atoms with E-state index in [1.807, 2.05) is 23.1 Å². The van der Waals surface area contributed by atoms with Gasteiger partial charge in [-0.1, -0.05) is 44.2 Å². The van der Waals surface area contributed by atoms with Crippen LogP contribution in [0, 0.1) is 5.92 Å². The van der Waals surface area contributed by atoms with Crippen LogP contribution in [0.3, 0.4) is 0 Å². The number of nitrogens with one attached hydrogen (secondary N) is 1. The van der Waals surface area contributed by atoms with Gasteiger partial charge >= 0.3 is 0 Å². The molecular weight excluding hydrogens is 338 g/mol. The normalized spacial score (nSPS) is 21.1. The maximum atomic E-state index is 13.1. The quantitative estimate of drug-likeness (QED) is 0.883. The van der Waals surface area contributed by atoms with Gasteiger partial charge in [-0.05, 0) is 38.8 Å². The van der Waals surface area contributed by atoms with Crippen LogP contribution in [0.2, 0.25) is 0 Å². The molecule has 1 aromatic carbocycles. The van der Waals surface area contributed by atoms with E-state index < -0.39 is 0 Å². The molecule has 2 fully saturated rings. The van der Waals surface area contributed by atoms with Crippen molar-refractivity contribution < 1.29 is 9.21 Å². The molecule has 27 heavy (non-hydrogen) atoms. The van der Waals surface area contributed by atoms with E-state index in [0.29, 0.717) is 5.89 Å². The second-order valence-electron chi connectivity index (χ2n) is 8.00. The molecule has 3 heterocycles. The lowest BCUT2D eigenvalue weighted by atomic mass is 9.96. The summed E-state index contributed by atoms with van der Waals surface area (Å²) in [5.74, 6) is 2.29. The molecular formula is C22H29N3O2. The summed E-state index contributed by atoms with van der Waals surface area (Å²) < 4.78 is 6.26. The molecule has 1 unspecified atom stereocenters. The van der Waals surface area contributed by atoms with Crippen molar-refractivity contribution in [2.24, 2.45) is 5.92 Å². The monoisotopic (exact) mass is 367 g/mol. The van der Waals surface area contributed by atoms with Crippen LogP contribution >= 0.6 is 0 Å². The summed E-state index contributed by atoms with van der Waals surface area (Å²) in [6.45, 7) is 6.94. The van der Waals surface area contributed by atoms with Crippen molar-refractivity contribution in [2.75, 3.05) is 19.6 Å². The number of carbonyl (C=O) groups excluding carboxylic acids is 1. The van der Waals surface area contributed by atoms with Crippen molar-refractivity contribution in [3.05, 3.63) is 42.0 Å². The molecule has 2 aromatic rings. The van der Waals surface area contributed by atoms with Gasteiger partial charge in [-0.15, -0.1) is 0 Å². The lowest BCUT2D eigenvalue weighted by Gasteiger charge is -2.29. The molecule has 2 aliphatic rings. The highest BCUT2D eigenvalue weighted by Crippen LogP contribution is 2.38. The van der Waals surface area contributed by atoms with Crippen LogP contribution in [0.1, 0.15) is 63.1 Å². The number of amides is 1. The van der Waals surface area contributed by atoms with Crippen LogP contribution in [0.15, 0.2) is 34.7 Å². The minimum absolute atomic E-state index is 0.0256. The molecule has 0 saturated carbocycles. The third kappa shape index (κ3) is 3.65. The molecule has 1 atom stereocenters. The predicted octanol–water partition coefficient (Wildman–Crippen LogP) is 4.13. The molecule has 5 heteroatoms. The third-order valence-corrected chi connectivity index (χ3v) is 5.75. The fourth-order valence-electron chi connectivity index (χ4n) is 4.28. The zero-order chi connectivity index (χ0) is 18.8. The number of rotatable bonds is 4. The van der Waals surface area contributed by atoms with Gasteiger partial charge < -0.3 is 14.6 Å². The lowest BCUT2D eigenvalue weighted by Crippen LogP contribution is -2.40. The standard InChI is InChI=1S/C22H29N3O2/c1-15(2)20-19(16-7-4-3-5-8-16)24-21(27-20)18-9-6-14-25(18)22(26)17-10-12-23-13-11-17/h3-5,7-8,15,17-18,23H,6,9-14H2,1-2H3. The summed E-state index contributed by atoms with van der Waals surface area (Å²) >= 11 is 0. The van der Waals surface area contributed by atoms with Crippen molar-refractivity contribution in [1.29, 1.82) is 0 Å². The van der Waals surface area contributed by atoms with E-state index in [-0.39, 0.29) is 23.8 Å². The highest BCUT2D eigenvalue weighted by molar-refractivity contribution is 5.79. The highest BCUT2D eigenvalue weighted by Gasteiger charge is 2.37. The van der Waals surface area contributed by atoms with Gasteiger partial charge in [-0.2, -0.15) is 0 Å². The minimum atomic E-state index is -0.0256. The number of hydrogen-bond donors (Lipinski definition) is 1. The topological polar surface area (TPSA) is 58.4 Å². The fraction of sp³-hybridized carbons (Fsp3) is 0.545. The number of likely N-dealkylation sites (tertiary alicyclic amines) is 1. The molecule has 2 aliphatic heterocycles. The van der Waals surface area contributed by atoms with Crippen molar-refractivity contribution in [1.82, 2.24) is 15.2 Å². The van der Waals surface area contributed by atoms with Crippen LogP contribution in [0.4, 0.5) is 0 Å². The Morgan fingerprint density at radius 3 is 2.63 bits per heavy atom. The van der Waals surface area contributed by atoms with Gasteiger partial charge in [0.2, 0.25) is 11.8 Å². The van der Waals surface area contributed by atoms with E-state index in [4.69, 9.17) is 9.40 Å². The molecule has 0 radical (unpaired) electrons. The Morgan fingerprint density at radius 2 is 1.93 bits per heavy atom. The average Bonchev–Trinajstić information content (AvgIpc) is 3.36. The van der Waals surface area contributed by atoms with Gasteiger partial charge in [0, 0.05) is 23.9 Å². The molecule has 144 valence electrons. The second kappa shape index (κ2) is 7.85. The van der Waals surface area contributed by atoms with Gasteiger partial charge in [0.1, 0.15) is 17.5 Å². The van der Waals surface area contributed by atoms with E-state index >= 15 is 0 Å². The predicted molar refractivity (Wildman–Crippen MR) is 105 cm³/mol. The number of hydrogen-bond acceptors (Lipinski definition) is 4. The molecule has 4 rings (SSSR count). The summed E-state index contributed by atoms with van der Waals surface area (Å²) in [5, 5.41) is 3.34. The maximum Gasteiger partial charge on any atom is 0.226 e. The van der Waals surface area contributed by atoms with Gasteiger partial charge in [0.15, 0.2) is 0 Å². The Kier molecular flexibility index (Phi) is 5.30. The van der Waals surface area contributed by atoms with Gasteiger partial charge in [-0.3, -0.25) is 4.79 Å². The highest BCUT2D eigenvalue weighted by atomic mass is 16.4. The van der Waals surface area contributed by atoms with E-state index in [9.17, 15) is 4.79 Å². The summed E-state index contributed by atoms with van der Waals surface area (Å²) in [5.41, 5.74) is 1.99. The summed E-state index contributed by atoms with van der Waals surface area (Å²) in [6.07, 6.45) is 3.81. The number of nitrogens with zero attached hydrogens (tertiary/aromatic N) is 2. The fourth-order valence-corrected chi connectivity index (χ4v) is 4.28. The molecule has 0 bridgehead atoms. The first-order valence-corrected chi connectivity index (χ1v) is 10.2. The molecule has 5 nitrogen and oxygen atoms in total. The number of piperidine rings is 1. The number of aromatic nitrogens is 1. The Balaban J connectivity index is 1.63. The first-order valence-electron chi connectivity index (χ1n) is 10.2. The number of benzene rings is 1. The van der Waals surface area contributed by atoms with E-state index in [1.54, 1.807) is 0 Å². The summed E-state index contributed by atoms with van der Waals surface area (Å²) in [4.78, 5) is 20.0. The van der Waals surface area contributed by atoms with Gasteiger partial charge in [-0.25, -0.2) is 4.98 Å². The van der Waals surface area contributed by atoms with Gasteiger partial charge in [0.25, 0.3) is 0 Å². The van der Waals surface area contributed by atoms with Crippen molar-refractivity contribution in [2.45, 2.75) is 51.5 Å². The molecule has 2 saturated heterocycles. The van der Waals surface area contributed by atoms with Crippen LogP contribution in [-0.4, -0.2) is 35.4 Å². The Hall–Kier alpha value is -2.14. The number of oxazole rings is 1. The Bertz CT molecular complexity index is 778. The molecule has 0 spiro atoms. The first kappa shape index (κ1) is 18.2. The molecule has 1 aromatic heterocycles. The molecule has 1 amide bonds. The smallest absolute Gasteiger partial charge is 0.226 e. The lowest BCUT2D eigenvalue weighted by molar-refractivity contribution is -0.137. The minimum Gasteiger partial charge on any atom is -0.442 e. The van der Waals surface area contributed by atoms with Crippen molar-refractivity contribution in [3.63, 3.8) is 0 Å². The van der Waals surface area contributed by atoms with Crippen LogP contribution in [0.5, 0.6) is 0 Å². The zero-order valence-electron chi connectivity index (χ0n) is 16.3. The molecule has 1 N–H and O–H groups in total. The second-order valence-corrected chi connectivity index (χ2v) is 8.00. The van der Waals surface area contributed by atoms with E-state index in [0.717, 1.165) is 62.3 Å². The van der Waals surface area contributed by atoms with Crippen LogP contribution in [-0.2, 0) is 4.79 Å². The molecule has 0 aliphatic carbocycles. The summed E-state index contributed by atoms with van der Waals surface area (Å²) in [7, 11) is 0. The Morgan fingerprint density at radius 1 is 1.19 bits per heavy atom. The maximum absolute atomic E-state index is 13.1. The third-order valence-electron chi connectivity index (χ3n) is 5.75. The SMILES string of the molecule is CC(C)c1oc(C2CCCN2C(=O)C2CCNCC2)nc1-c1ccccc1. The van der Waals surface area contributed by atoms with Crippen LogP contribution in [0.25, 0.3) is 11.3 Å². The van der Waals surface area contributed by atoms with Gasteiger partial charge in [0.05, 0.1) is 0 Å². The average molecular weight is 367 g/mol. The van der Waals surface area contributed by atoms with Crippen LogP contribution < -0.4 is 5.32 Å². The zero-order valence-corrected chi connectivity index (χ0v) is 16.3. The summed E-state index contributed by atoms with van der Waals surface area (Å²) in [6, 6.07) is 10.2. The Labute approximate surface area is 161 Å².